The minimum Gasteiger partial charge on any atom is -0.444 e. The smallest absolute Gasteiger partial charge is 0.407 e. The van der Waals surface area contributed by atoms with E-state index in [9.17, 15) is 4.79 Å². The summed E-state index contributed by atoms with van der Waals surface area (Å²) < 4.78 is 10.6. The maximum absolute atomic E-state index is 11.6. The highest BCUT2D eigenvalue weighted by Gasteiger charge is 2.19. The average molecular weight is 244 g/mol. The summed E-state index contributed by atoms with van der Waals surface area (Å²) in [6, 6.07) is 0.0461. The molecule has 1 rings (SSSR count). The van der Waals surface area contributed by atoms with E-state index in [0.717, 1.165) is 25.8 Å². The molecule has 1 unspecified atom stereocenters. The summed E-state index contributed by atoms with van der Waals surface area (Å²) >= 11 is 0. The van der Waals surface area contributed by atoms with E-state index in [0.29, 0.717) is 13.3 Å². The van der Waals surface area contributed by atoms with E-state index in [2.05, 4.69) is 10.6 Å². The van der Waals surface area contributed by atoms with Crippen LogP contribution in [0.1, 0.15) is 40.0 Å². The Kier molecular flexibility index (Phi) is 5.71. The Hall–Kier alpha value is -0.810. The highest BCUT2D eigenvalue weighted by Crippen LogP contribution is 2.08. The van der Waals surface area contributed by atoms with Crippen molar-refractivity contribution >= 4 is 6.09 Å². The van der Waals surface area contributed by atoms with Gasteiger partial charge in [0.05, 0.1) is 19.4 Å². The lowest BCUT2D eigenvalue weighted by Crippen LogP contribution is -2.41. The first-order chi connectivity index (χ1) is 7.97. The predicted molar refractivity (Wildman–Crippen MR) is 65.8 cm³/mol. The lowest BCUT2D eigenvalue weighted by Gasteiger charge is -2.23. The molecule has 0 saturated carbocycles. The molecule has 0 aliphatic carbocycles. The molecule has 0 bridgehead atoms. The molecule has 0 aromatic rings. The first-order valence-electron chi connectivity index (χ1n) is 6.25. The van der Waals surface area contributed by atoms with Crippen molar-refractivity contribution in [2.45, 2.75) is 51.7 Å². The van der Waals surface area contributed by atoms with Crippen LogP contribution in [0.5, 0.6) is 0 Å². The largest absolute Gasteiger partial charge is 0.444 e. The van der Waals surface area contributed by atoms with Gasteiger partial charge in [-0.15, -0.1) is 0 Å². The summed E-state index contributed by atoms with van der Waals surface area (Å²) in [5.74, 6) is 0. The Balaban J connectivity index is 2.34. The van der Waals surface area contributed by atoms with Gasteiger partial charge in [0.15, 0.2) is 0 Å². The van der Waals surface area contributed by atoms with Gasteiger partial charge in [-0.3, -0.25) is 5.32 Å². The number of carbonyl (C=O) groups excluding carboxylic acids is 1. The molecule has 1 aliphatic heterocycles. The van der Waals surface area contributed by atoms with Crippen LogP contribution >= 0.6 is 0 Å². The van der Waals surface area contributed by atoms with Gasteiger partial charge in [0.1, 0.15) is 5.60 Å². The maximum Gasteiger partial charge on any atom is 0.407 e. The van der Waals surface area contributed by atoms with Crippen LogP contribution in [0, 0.1) is 0 Å². The van der Waals surface area contributed by atoms with E-state index >= 15 is 0 Å². The Labute approximate surface area is 103 Å². The van der Waals surface area contributed by atoms with Crippen molar-refractivity contribution in [2.24, 2.45) is 0 Å². The second kappa shape index (κ2) is 6.81. The first kappa shape index (κ1) is 14.3. The van der Waals surface area contributed by atoms with Gasteiger partial charge < -0.3 is 14.8 Å². The van der Waals surface area contributed by atoms with Crippen LogP contribution in [0.25, 0.3) is 0 Å². The van der Waals surface area contributed by atoms with E-state index in [1.807, 2.05) is 20.8 Å². The quantitative estimate of drug-likeness (QED) is 0.736. The van der Waals surface area contributed by atoms with Crippen LogP contribution in [0.15, 0.2) is 0 Å². The minimum atomic E-state index is -0.453. The molecule has 1 amide bonds. The Morgan fingerprint density at radius 2 is 2.18 bits per heavy atom. The molecule has 100 valence electrons. The molecular weight excluding hydrogens is 220 g/mol. The molecule has 1 heterocycles. The van der Waals surface area contributed by atoms with Crippen molar-refractivity contribution < 1.29 is 14.3 Å². The second-order valence-electron chi connectivity index (χ2n) is 5.35. The van der Waals surface area contributed by atoms with Crippen LogP contribution in [0.4, 0.5) is 4.79 Å². The summed E-state index contributed by atoms with van der Waals surface area (Å²) in [5, 5.41) is 6.03. The molecule has 5 heteroatoms. The number of hydrogen-bond donors (Lipinski definition) is 2. The van der Waals surface area contributed by atoms with E-state index in [-0.39, 0.29) is 12.1 Å². The molecule has 1 aliphatic rings. The van der Waals surface area contributed by atoms with Crippen molar-refractivity contribution in [3.63, 3.8) is 0 Å². The summed E-state index contributed by atoms with van der Waals surface area (Å²) in [6.45, 7) is 7.63. The molecule has 17 heavy (non-hydrogen) atoms. The third-order valence-electron chi connectivity index (χ3n) is 2.40. The summed E-state index contributed by atoms with van der Waals surface area (Å²) in [6.07, 6.45) is 2.76. The normalized spacial score (nSPS) is 23.1. The first-order valence-corrected chi connectivity index (χ1v) is 6.25. The number of hydrogen-bond acceptors (Lipinski definition) is 4. The fraction of sp³-hybridized carbons (Fsp3) is 0.917. The van der Waals surface area contributed by atoms with Crippen LogP contribution in [0.2, 0.25) is 0 Å². The summed E-state index contributed by atoms with van der Waals surface area (Å²) in [5.41, 5.74) is -0.453. The number of amides is 1. The van der Waals surface area contributed by atoms with Crippen LogP contribution in [0.3, 0.4) is 0 Å². The van der Waals surface area contributed by atoms with E-state index in [1.165, 1.54) is 0 Å². The van der Waals surface area contributed by atoms with Gasteiger partial charge in [-0.2, -0.15) is 0 Å². The average Bonchev–Trinajstić information content (AvgIpc) is 2.28. The van der Waals surface area contributed by atoms with Crippen LogP contribution < -0.4 is 10.6 Å². The molecule has 1 saturated heterocycles. The van der Waals surface area contributed by atoms with Crippen LogP contribution in [-0.2, 0) is 9.47 Å². The number of carbonyl (C=O) groups is 1. The highest BCUT2D eigenvalue weighted by atomic mass is 16.6. The van der Waals surface area contributed by atoms with Crippen molar-refractivity contribution in [1.29, 1.82) is 0 Å². The Morgan fingerprint density at radius 1 is 1.41 bits per heavy atom. The van der Waals surface area contributed by atoms with E-state index in [1.54, 1.807) is 0 Å². The second-order valence-corrected chi connectivity index (χ2v) is 5.35. The van der Waals surface area contributed by atoms with Crippen LogP contribution in [-0.4, -0.2) is 37.6 Å². The zero-order chi connectivity index (χ0) is 12.7. The molecule has 0 spiro atoms. The zero-order valence-electron chi connectivity index (χ0n) is 11.0. The molecule has 2 N–H and O–H groups in total. The van der Waals surface area contributed by atoms with Crippen molar-refractivity contribution in [3.05, 3.63) is 0 Å². The lowest BCUT2D eigenvalue weighted by molar-refractivity contribution is 0.0430. The van der Waals surface area contributed by atoms with Crippen molar-refractivity contribution in [2.75, 3.05) is 19.9 Å². The SMILES string of the molecule is CC(C)(C)OC(=O)NC1CCCCNCOC1. The van der Waals surface area contributed by atoms with Gasteiger partial charge >= 0.3 is 6.09 Å². The fourth-order valence-electron chi connectivity index (χ4n) is 1.66. The maximum atomic E-state index is 11.6. The summed E-state index contributed by atoms with van der Waals surface area (Å²) in [4.78, 5) is 11.6. The van der Waals surface area contributed by atoms with E-state index < -0.39 is 5.60 Å². The Morgan fingerprint density at radius 3 is 2.88 bits per heavy atom. The third-order valence-corrected chi connectivity index (χ3v) is 2.40. The number of alkyl carbamates (subject to hydrolysis) is 1. The number of nitrogens with one attached hydrogen (secondary N) is 2. The van der Waals surface area contributed by atoms with Crippen molar-refractivity contribution in [1.82, 2.24) is 10.6 Å². The zero-order valence-corrected chi connectivity index (χ0v) is 11.0. The van der Waals surface area contributed by atoms with E-state index in [4.69, 9.17) is 9.47 Å². The van der Waals surface area contributed by atoms with Gasteiger partial charge in [0.2, 0.25) is 0 Å². The molecular formula is C12H24N2O3. The molecule has 0 aromatic heterocycles. The van der Waals surface area contributed by atoms with Crippen molar-refractivity contribution in [3.8, 4) is 0 Å². The third kappa shape index (κ3) is 7.18. The van der Waals surface area contributed by atoms with Gasteiger partial charge in [0, 0.05) is 0 Å². The summed E-state index contributed by atoms with van der Waals surface area (Å²) in [7, 11) is 0. The molecule has 5 nitrogen and oxygen atoms in total. The van der Waals surface area contributed by atoms with Gasteiger partial charge in [-0.1, -0.05) is 6.42 Å². The number of ether oxygens (including phenoxy) is 2. The standard InChI is InChI=1S/C12H24N2O3/c1-12(2,3)17-11(15)14-10-6-4-5-7-13-9-16-8-10/h10,13H,4-9H2,1-3H3,(H,14,15). The predicted octanol–water partition coefficient (Wildman–Crippen LogP) is 1.63. The lowest BCUT2D eigenvalue weighted by atomic mass is 10.1. The number of rotatable bonds is 1. The highest BCUT2D eigenvalue weighted by molar-refractivity contribution is 5.68. The monoisotopic (exact) mass is 244 g/mol. The topological polar surface area (TPSA) is 59.6 Å². The molecule has 1 fully saturated rings. The molecule has 0 aromatic carbocycles. The Bertz CT molecular complexity index is 228. The van der Waals surface area contributed by atoms with Gasteiger partial charge in [0.25, 0.3) is 0 Å². The fourth-order valence-corrected chi connectivity index (χ4v) is 1.66. The minimum absolute atomic E-state index is 0.0461. The molecule has 0 radical (unpaired) electrons. The van der Waals surface area contributed by atoms with Gasteiger partial charge in [-0.05, 0) is 40.2 Å². The molecule has 1 atom stereocenters. The van der Waals surface area contributed by atoms with Gasteiger partial charge in [-0.25, -0.2) is 4.79 Å².